The fourth-order valence-corrected chi connectivity index (χ4v) is 0.794. The zero-order valence-corrected chi connectivity index (χ0v) is 8.67. The molecule has 0 aliphatic carbocycles. The minimum absolute atomic E-state index is 0.366. The van der Waals surface area contributed by atoms with E-state index in [9.17, 15) is 4.79 Å². The molecular weight excluding hydrogens is 168 g/mol. The molecule has 0 saturated carbocycles. The topological polar surface area (TPSA) is 78.3 Å². The van der Waals surface area contributed by atoms with Crippen molar-refractivity contribution < 1.29 is 9.53 Å². The standard InChI is InChI=1S/C9H20N2O2/c1-4-7(8(10)12)13-6-9(3,11)5-2/h7H,4-6,11H2,1-3H3,(H2,10,12). The second-order valence-corrected chi connectivity index (χ2v) is 3.62. The summed E-state index contributed by atoms with van der Waals surface area (Å²) in [5, 5.41) is 0. The lowest BCUT2D eigenvalue weighted by Crippen LogP contribution is -2.43. The molecule has 0 aliphatic rings. The second-order valence-electron chi connectivity index (χ2n) is 3.62. The molecule has 0 aliphatic heterocycles. The van der Waals surface area contributed by atoms with Crippen molar-refractivity contribution in [1.29, 1.82) is 0 Å². The third-order valence-electron chi connectivity index (χ3n) is 2.11. The normalized spacial score (nSPS) is 17.8. The lowest BCUT2D eigenvalue weighted by Gasteiger charge is -2.24. The number of hydrogen-bond acceptors (Lipinski definition) is 3. The third-order valence-corrected chi connectivity index (χ3v) is 2.11. The van der Waals surface area contributed by atoms with Crippen LogP contribution in [0.25, 0.3) is 0 Å². The van der Waals surface area contributed by atoms with Gasteiger partial charge in [0.2, 0.25) is 5.91 Å². The van der Waals surface area contributed by atoms with Crippen LogP contribution in [-0.4, -0.2) is 24.2 Å². The summed E-state index contributed by atoms with van der Waals surface area (Å²) in [6.07, 6.45) is 0.895. The van der Waals surface area contributed by atoms with Gasteiger partial charge in [-0.05, 0) is 19.8 Å². The van der Waals surface area contributed by atoms with Gasteiger partial charge in [-0.2, -0.15) is 0 Å². The van der Waals surface area contributed by atoms with Crippen LogP contribution in [0.15, 0.2) is 0 Å². The molecule has 0 fully saturated rings. The van der Waals surface area contributed by atoms with E-state index in [2.05, 4.69) is 0 Å². The maximum Gasteiger partial charge on any atom is 0.246 e. The van der Waals surface area contributed by atoms with E-state index in [0.717, 1.165) is 6.42 Å². The second kappa shape index (κ2) is 5.19. The van der Waals surface area contributed by atoms with E-state index >= 15 is 0 Å². The van der Waals surface area contributed by atoms with Crippen molar-refractivity contribution in [1.82, 2.24) is 0 Å². The van der Waals surface area contributed by atoms with Crippen LogP contribution in [0.2, 0.25) is 0 Å². The Morgan fingerprint density at radius 3 is 2.38 bits per heavy atom. The van der Waals surface area contributed by atoms with Crippen LogP contribution in [0.1, 0.15) is 33.6 Å². The van der Waals surface area contributed by atoms with Gasteiger partial charge >= 0.3 is 0 Å². The van der Waals surface area contributed by atoms with Gasteiger partial charge in [0.05, 0.1) is 6.61 Å². The summed E-state index contributed by atoms with van der Waals surface area (Å²) >= 11 is 0. The zero-order valence-electron chi connectivity index (χ0n) is 8.67. The van der Waals surface area contributed by atoms with Crippen molar-refractivity contribution in [2.75, 3.05) is 6.61 Å². The molecule has 0 rings (SSSR count). The first-order valence-electron chi connectivity index (χ1n) is 4.62. The fraction of sp³-hybridized carbons (Fsp3) is 0.889. The smallest absolute Gasteiger partial charge is 0.246 e. The van der Waals surface area contributed by atoms with E-state index in [-0.39, 0.29) is 5.54 Å². The molecule has 13 heavy (non-hydrogen) atoms. The van der Waals surface area contributed by atoms with Gasteiger partial charge < -0.3 is 16.2 Å². The predicted octanol–water partition coefficient (Wildman–Crippen LogP) is 0.394. The molecule has 4 nitrogen and oxygen atoms in total. The largest absolute Gasteiger partial charge is 0.367 e. The van der Waals surface area contributed by atoms with Gasteiger partial charge in [-0.15, -0.1) is 0 Å². The summed E-state index contributed by atoms with van der Waals surface area (Å²) in [4.78, 5) is 10.8. The van der Waals surface area contributed by atoms with Gasteiger partial charge in [0.1, 0.15) is 6.10 Å². The van der Waals surface area contributed by atoms with Gasteiger partial charge in [-0.1, -0.05) is 13.8 Å². The molecular formula is C9H20N2O2. The monoisotopic (exact) mass is 188 g/mol. The van der Waals surface area contributed by atoms with Gasteiger partial charge in [-0.25, -0.2) is 0 Å². The zero-order chi connectivity index (χ0) is 10.5. The number of carbonyl (C=O) groups excluding carboxylic acids is 1. The summed E-state index contributed by atoms with van der Waals surface area (Å²) < 4.78 is 5.31. The summed E-state index contributed by atoms with van der Waals surface area (Å²) in [6.45, 7) is 6.09. The lowest BCUT2D eigenvalue weighted by molar-refractivity contribution is -0.130. The minimum atomic E-state index is -0.505. The highest BCUT2D eigenvalue weighted by Gasteiger charge is 2.20. The maximum absolute atomic E-state index is 10.8. The minimum Gasteiger partial charge on any atom is -0.367 e. The van der Waals surface area contributed by atoms with Crippen LogP contribution in [0.4, 0.5) is 0 Å². The number of ether oxygens (including phenoxy) is 1. The van der Waals surface area contributed by atoms with E-state index in [0.29, 0.717) is 13.0 Å². The van der Waals surface area contributed by atoms with E-state index < -0.39 is 12.0 Å². The number of hydrogen-bond donors (Lipinski definition) is 2. The van der Waals surface area contributed by atoms with Gasteiger partial charge in [-0.3, -0.25) is 4.79 Å². The Bertz CT molecular complexity index is 169. The summed E-state index contributed by atoms with van der Waals surface area (Å²) in [7, 11) is 0. The van der Waals surface area contributed by atoms with Crippen LogP contribution in [0.5, 0.6) is 0 Å². The van der Waals surface area contributed by atoms with E-state index in [1.807, 2.05) is 20.8 Å². The number of primary amides is 1. The van der Waals surface area contributed by atoms with E-state index in [4.69, 9.17) is 16.2 Å². The van der Waals surface area contributed by atoms with Gasteiger partial charge in [0.25, 0.3) is 0 Å². The molecule has 2 atom stereocenters. The van der Waals surface area contributed by atoms with Crippen molar-refractivity contribution in [3.63, 3.8) is 0 Å². The molecule has 0 heterocycles. The first-order valence-corrected chi connectivity index (χ1v) is 4.62. The van der Waals surface area contributed by atoms with E-state index in [1.54, 1.807) is 0 Å². The Morgan fingerprint density at radius 2 is 2.08 bits per heavy atom. The maximum atomic E-state index is 10.8. The summed E-state index contributed by atoms with van der Waals surface area (Å²) in [6, 6.07) is 0. The van der Waals surface area contributed by atoms with Crippen LogP contribution in [0, 0.1) is 0 Å². The molecule has 0 saturated heterocycles. The SMILES string of the molecule is CCC(OCC(C)(N)CC)C(N)=O. The van der Waals surface area contributed by atoms with Crippen LogP contribution < -0.4 is 11.5 Å². The average molecular weight is 188 g/mol. The fourth-order valence-electron chi connectivity index (χ4n) is 0.794. The first-order chi connectivity index (χ1) is 5.93. The predicted molar refractivity (Wildman–Crippen MR) is 52.1 cm³/mol. The molecule has 78 valence electrons. The number of carbonyl (C=O) groups is 1. The number of nitrogens with two attached hydrogens (primary N) is 2. The Morgan fingerprint density at radius 1 is 1.54 bits per heavy atom. The molecule has 0 aromatic rings. The van der Waals surface area contributed by atoms with Crippen LogP contribution >= 0.6 is 0 Å². The summed E-state index contributed by atoms with van der Waals surface area (Å²) in [5.74, 6) is -0.422. The van der Waals surface area contributed by atoms with Crippen molar-refractivity contribution >= 4 is 5.91 Å². The highest BCUT2D eigenvalue weighted by Crippen LogP contribution is 2.07. The average Bonchev–Trinajstić information content (AvgIpc) is 2.05. The van der Waals surface area contributed by atoms with Crippen molar-refractivity contribution in [3.05, 3.63) is 0 Å². The van der Waals surface area contributed by atoms with Crippen molar-refractivity contribution in [2.45, 2.75) is 45.3 Å². The molecule has 2 unspecified atom stereocenters. The molecule has 4 heteroatoms. The van der Waals surface area contributed by atoms with Crippen LogP contribution in [0.3, 0.4) is 0 Å². The van der Waals surface area contributed by atoms with Crippen molar-refractivity contribution in [3.8, 4) is 0 Å². The molecule has 0 radical (unpaired) electrons. The highest BCUT2D eigenvalue weighted by atomic mass is 16.5. The summed E-state index contributed by atoms with van der Waals surface area (Å²) in [5.41, 5.74) is 10.6. The first kappa shape index (κ1) is 12.4. The van der Waals surface area contributed by atoms with Crippen LogP contribution in [-0.2, 0) is 9.53 Å². The molecule has 1 amide bonds. The van der Waals surface area contributed by atoms with Gasteiger partial charge in [0.15, 0.2) is 0 Å². The van der Waals surface area contributed by atoms with Crippen molar-refractivity contribution in [2.24, 2.45) is 11.5 Å². The number of rotatable bonds is 6. The molecule has 0 bridgehead atoms. The van der Waals surface area contributed by atoms with Gasteiger partial charge in [0, 0.05) is 5.54 Å². The highest BCUT2D eigenvalue weighted by molar-refractivity contribution is 5.78. The lowest BCUT2D eigenvalue weighted by atomic mass is 10.0. The molecule has 4 N–H and O–H groups in total. The Kier molecular flexibility index (Phi) is 4.95. The van der Waals surface area contributed by atoms with E-state index in [1.165, 1.54) is 0 Å². The number of amides is 1. The molecule has 0 aromatic carbocycles. The Hall–Kier alpha value is -0.610. The quantitative estimate of drug-likeness (QED) is 0.633. The Balaban J connectivity index is 3.92. The Labute approximate surface area is 79.6 Å². The third kappa shape index (κ3) is 4.85. The molecule has 0 spiro atoms. The molecule has 0 aromatic heterocycles.